The summed E-state index contributed by atoms with van der Waals surface area (Å²) in [6, 6.07) is 11.0. The number of nitriles is 1. The Morgan fingerprint density at radius 1 is 1.24 bits per heavy atom. The summed E-state index contributed by atoms with van der Waals surface area (Å²) in [7, 11) is 0. The van der Waals surface area contributed by atoms with Crippen LogP contribution in [0.25, 0.3) is 0 Å². The number of piperidine rings is 1. The van der Waals surface area contributed by atoms with Crippen LogP contribution in [0.5, 0.6) is 5.75 Å². The molecule has 0 saturated carbocycles. The SMILES string of the molecule is N#CC1(C2(O)CC3CCC(C2)N3)COc2ccccc2C1. The zero-order valence-corrected chi connectivity index (χ0v) is 12.0. The van der Waals surface area contributed by atoms with Crippen molar-refractivity contribution in [1.82, 2.24) is 5.32 Å². The summed E-state index contributed by atoms with van der Waals surface area (Å²) < 4.78 is 5.84. The van der Waals surface area contributed by atoms with E-state index in [4.69, 9.17) is 4.74 Å². The quantitative estimate of drug-likeness (QED) is 0.825. The monoisotopic (exact) mass is 284 g/mol. The van der Waals surface area contributed by atoms with E-state index in [1.165, 1.54) is 0 Å². The molecule has 110 valence electrons. The first kappa shape index (κ1) is 13.1. The van der Waals surface area contributed by atoms with Crippen LogP contribution in [0.3, 0.4) is 0 Å². The van der Waals surface area contributed by atoms with E-state index in [0.29, 0.717) is 31.3 Å². The molecular weight excluding hydrogens is 264 g/mol. The third-order valence-corrected chi connectivity index (χ3v) is 5.55. The van der Waals surface area contributed by atoms with Gasteiger partial charge >= 0.3 is 0 Å². The van der Waals surface area contributed by atoms with E-state index in [1.54, 1.807) is 0 Å². The Bertz CT molecular complexity index is 597. The van der Waals surface area contributed by atoms with Crippen molar-refractivity contribution in [2.75, 3.05) is 6.61 Å². The molecule has 3 unspecified atom stereocenters. The largest absolute Gasteiger partial charge is 0.492 e. The Balaban J connectivity index is 1.70. The molecule has 3 aliphatic heterocycles. The highest BCUT2D eigenvalue weighted by atomic mass is 16.5. The Morgan fingerprint density at radius 3 is 2.67 bits per heavy atom. The lowest BCUT2D eigenvalue weighted by molar-refractivity contribution is -0.109. The Kier molecular flexibility index (Phi) is 2.79. The molecule has 3 aliphatic rings. The third kappa shape index (κ3) is 1.88. The van der Waals surface area contributed by atoms with Gasteiger partial charge in [-0.3, -0.25) is 0 Å². The zero-order valence-electron chi connectivity index (χ0n) is 12.0. The minimum atomic E-state index is -0.952. The average Bonchev–Trinajstić information content (AvgIpc) is 2.86. The summed E-state index contributed by atoms with van der Waals surface area (Å²) in [5.74, 6) is 0.851. The maximum absolute atomic E-state index is 11.3. The normalized spacial score (nSPS) is 41.0. The molecule has 2 bridgehead atoms. The lowest BCUT2D eigenvalue weighted by atomic mass is 9.63. The van der Waals surface area contributed by atoms with E-state index in [-0.39, 0.29) is 6.61 Å². The fourth-order valence-electron chi connectivity index (χ4n) is 4.36. The maximum Gasteiger partial charge on any atom is 0.124 e. The lowest BCUT2D eigenvalue weighted by Gasteiger charge is -2.48. The number of hydrogen-bond acceptors (Lipinski definition) is 4. The zero-order chi connectivity index (χ0) is 14.5. The van der Waals surface area contributed by atoms with Crippen LogP contribution >= 0.6 is 0 Å². The first-order valence-corrected chi connectivity index (χ1v) is 7.75. The Labute approximate surface area is 124 Å². The molecule has 1 aromatic rings. The molecule has 2 fully saturated rings. The minimum absolute atomic E-state index is 0.288. The van der Waals surface area contributed by atoms with E-state index in [2.05, 4.69) is 11.4 Å². The third-order valence-electron chi connectivity index (χ3n) is 5.55. The molecule has 0 radical (unpaired) electrons. The number of nitrogens with one attached hydrogen (secondary N) is 1. The molecule has 0 aromatic heterocycles. The van der Waals surface area contributed by atoms with E-state index in [9.17, 15) is 10.4 Å². The highest BCUT2D eigenvalue weighted by molar-refractivity contribution is 5.39. The Morgan fingerprint density at radius 2 is 1.95 bits per heavy atom. The molecule has 0 spiro atoms. The predicted octanol–water partition coefficient (Wildman–Crippen LogP) is 1.78. The maximum atomic E-state index is 11.3. The highest BCUT2D eigenvalue weighted by Crippen LogP contribution is 2.49. The molecular formula is C17H20N2O2. The summed E-state index contributed by atoms with van der Waals surface area (Å²) in [5.41, 5.74) is -0.749. The fourth-order valence-corrected chi connectivity index (χ4v) is 4.36. The van der Waals surface area contributed by atoms with Crippen molar-refractivity contribution in [2.45, 2.75) is 49.8 Å². The van der Waals surface area contributed by atoms with E-state index < -0.39 is 11.0 Å². The van der Waals surface area contributed by atoms with Crippen LogP contribution in [0.4, 0.5) is 0 Å². The van der Waals surface area contributed by atoms with Crippen molar-refractivity contribution in [3.63, 3.8) is 0 Å². The van der Waals surface area contributed by atoms with Gasteiger partial charge in [-0.15, -0.1) is 0 Å². The molecule has 0 amide bonds. The molecule has 0 aliphatic carbocycles. The van der Waals surface area contributed by atoms with Crippen molar-refractivity contribution in [3.8, 4) is 11.8 Å². The summed E-state index contributed by atoms with van der Waals surface area (Å²) >= 11 is 0. The van der Waals surface area contributed by atoms with Gasteiger partial charge in [0.15, 0.2) is 0 Å². The highest BCUT2D eigenvalue weighted by Gasteiger charge is 2.57. The van der Waals surface area contributed by atoms with Gasteiger partial charge in [0.2, 0.25) is 0 Å². The van der Waals surface area contributed by atoms with Gasteiger partial charge in [-0.05, 0) is 37.3 Å². The average molecular weight is 284 g/mol. The molecule has 3 heterocycles. The molecule has 4 rings (SSSR count). The number of nitrogens with zero attached hydrogens (tertiary/aromatic N) is 1. The van der Waals surface area contributed by atoms with Crippen molar-refractivity contribution in [1.29, 1.82) is 5.26 Å². The van der Waals surface area contributed by atoms with Gasteiger partial charge < -0.3 is 15.2 Å². The number of ether oxygens (including phenoxy) is 1. The van der Waals surface area contributed by atoms with Gasteiger partial charge in [-0.2, -0.15) is 5.26 Å². The molecule has 2 saturated heterocycles. The van der Waals surface area contributed by atoms with Gasteiger partial charge in [0, 0.05) is 18.5 Å². The summed E-state index contributed by atoms with van der Waals surface area (Å²) in [4.78, 5) is 0. The molecule has 1 aromatic carbocycles. The number of para-hydroxylation sites is 1. The first-order valence-electron chi connectivity index (χ1n) is 7.75. The van der Waals surface area contributed by atoms with Crippen molar-refractivity contribution >= 4 is 0 Å². The Hall–Kier alpha value is -1.57. The minimum Gasteiger partial charge on any atom is -0.492 e. The fraction of sp³-hybridized carbons (Fsp3) is 0.588. The van der Waals surface area contributed by atoms with E-state index in [0.717, 1.165) is 24.2 Å². The summed E-state index contributed by atoms with van der Waals surface area (Å²) in [5, 5.41) is 24.7. The topological polar surface area (TPSA) is 65.3 Å². The summed E-state index contributed by atoms with van der Waals surface area (Å²) in [6.45, 7) is 0.288. The second-order valence-electron chi connectivity index (χ2n) is 6.84. The number of benzene rings is 1. The van der Waals surface area contributed by atoms with Crippen molar-refractivity contribution in [2.24, 2.45) is 5.41 Å². The molecule has 4 heteroatoms. The molecule has 2 N–H and O–H groups in total. The van der Waals surface area contributed by atoms with E-state index in [1.807, 2.05) is 24.3 Å². The van der Waals surface area contributed by atoms with Crippen LogP contribution in [-0.4, -0.2) is 29.4 Å². The number of fused-ring (bicyclic) bond motifs is 3. The smallest absolute Gasteiger partial charge is 0.124 e. The van der Waals surface area contributed by atoms with Gasteiger partial charge in [-0.25, -0.2) is 0 Å². The second kappa shape index (κ2) is 4.46. The van der Waals surface area contributed by atoms with Crippen LogP contribution in [0.15, 0.2) is 24.3 Å². The number of rotatable bonds is 1. The molecule has 3 atom stereocenters. The number of hydrogen-bond donors (Lipinski definition) is 2. The van der Waals surface area contributed by atoms with E-state index >= 15 is 0 Å². The molecule has 4 nitrogen and oxygen atoms in total. The van der Waals surface area contributed by atoms with Crippen LogP contribution in [0.2, 0.25) is 0 Å². The summed E-state index contributed by atoms with van der Waals surface area (Å²) in [6.07, 6.45) is 4.10. The standard InChI is InChI=1S/C17H20N2O2/c18-10-16(7-12-3-1-2-4-15(12)21-11-16)17(20)8-13-5-6-14(9-17)19-13/h1-4,13-14,19-20H,5-9,11H2. The predicted molar refractivity (Wildman–Crippen MR) is 77.8 cm³/mol. The van der Waals surface area contributed by atoms with Gasteiger partial charge in [0.25, 0.3) is 0 Å². The number of aliphatic hydroxyl groups is 1. The second-order valence-corrected chi connectivity index (χ2v) is 6.84. The van der Waals surface area contributed by atoms with Crippen molar-refractivity contribution in [3.05, 3.63) is 29.8 Å². The van der Waals surface area contributed by atoms with Crippen LogP contribution < -0.4 is 10.1 Å². The van der Waals surface area contributed by atoms with Gasteiger partial charge in [-0.1, -0.05) is 18.2 Å². The van der Waals surface area contributed by atoms with Crippen LogP contribution in [0.1, 0.15) is 31.2 Å². The van der Waals surface area contributed by atoms with Gasteiger partial charge in [0.1, 0.15) is 17.8 Å². The van der Waals surface area contributed by atoms with Crippen molar-refractivity contribution < 1.29 is 9.84 Å². The van der Waals surface area contributed by atoms with Crippen LogP contribution in [0, 0.1) is 16.7 Å². The van der Waals surface area contributed by atoms with Gasteiger partial charge in [0.05, 0.1) is 11.7 Å². The molecule has 21 heavy (non-hydrogen) atoms. The first-order chi connectivity index (χ1) is 10.1. The van der Waals surface area contributed by atoms with Crippen LogP contribution in [-0.2, 0) is 6.42 Å². The lowest BCUT2D eigenvalue weighted by Crippen LogP contribution is -2.60.